The minimum absolute atomic E-state index is 0.250. The zero-order valence-electron chi connectivity index (χ0n) is 32.1. The third-order valence-electron chi connectivity index (χ3n) is 10.6. The molecule has 2 saturated heterocycles. The smallest absolute Gasteiger partial charge is 0.355 e. The van der Waals surface area contributed by atoms with Crippen molar-refractivity contribution in [3.8, 4) is 16.9 Å². The van der Waals surface area contributed by atoms with Crippen LogP contribution in [-0.2, 0) is 29.5 Å². The Labute approximate surface area is 321 Å². The monoisotopic (exact) mass is 759 g/mol. The highest BCUT2D eigenvalue weighted by Crippen LogP contribution is 2.43. The van der Waals surface area contributed by atoms with Crippen molar-refractivity contribution in [2.75, 3.05) is 39.3 Å². The van der Waals surface area contributed by atoms with Crippen LogP contribution in [-0.4, -0.2) is 81.7 Å². The summed E-state index contributed by atoms with van der Waals surface area (Å²) in [4.78, 5) is 25.2. The van der Waals surface area contributed by atoms with E-state index in [9.17, 15) is 9.18 Å². The van der Waals surface area contributed by atoms with Gasteiger partial charge in [0, 0.05) is 72.8 Å². The van der Waals surface area contributed by atoms with Crippen LogP contribution in [0.25, 0.3) is 32.8 Å². The lowest BCUT2D eigenvalue weighted by Crippen LogP contribution is -2.62. The van der Waals surface area contributed by atoms with Crippen molar-refractivity contribution in [1.29, 1.82) is 0 Å². The van der Waals surface area contributed by atoms with E-state index in [-0.39, 0.29) is 18.3 Å². The number of hydrogen-bond acceptors (Lipinski definition) is 7. The largest absolute Gasteiger partial charge is 0.493 e. The molecule has 0 bridgehead atoms. The molecule has 2 aliphatic rings. The number of aryl methyl sites for hydroxylation is 3. The fourth-order valence-electron chi connectivity index (χ4n) is 8.29. The summed E-state index contributed by atoms with van der Waals surface area (Å²) in [6.45, 7) is 15.7. The number of halogens is 2. The van der Waals surface area contributed by atoms with Gasteiger partial charge < -0.3 is 29.4 Å². The van der Waals surface area contributed by atoms with Gasteiger partial charge in [-0.3, -0.25) is 9.48 Å². The lowest BCUT2D eigenvalue weighted by Gasteiger charge is -2.52. The summed E-state index contributed by atoms with van der Waals surface area (Å²) in [7, 11) is 1.95. The Hall–Kier alpha value is -4.45. The number of aromatic nitrogens is 3. The molecular weight excluding hydrogens is 709 g/mol. The van der Waals surface area contributed by atoms with Crippen LogP contribution in [0, 0.1) is 25.1 Å². The quantitative estimate of drug-likeness (QED) is 0.0839. The maximum Gasteiger partial charge on any atom is 0.355 e. The number of nitrogens with one attached hydrogen (secondary N) is 1. The number of carbonyl (C=O) groups excluding carboxylic acids is 1. The normalized spacial score (nSPS) is 15.6. The molecule has 1 spiro atoms. The van der Waals surface area contributed by atoms with Gasteiger partial charge in [0.05, 0.1) is 22.8 Å². The number of carboxylic acid groups (broad SMARTS) is 1. The molecule has 7 rings (SSSR count). The minimum Gasteiger partial charge on any atom is -0.493 e. The van der Waals surface area contributed by atoms with E-state index in [4.69, 9.17) is 36.1 Å². The fourth-order valence-corrected chi connectivity index (χ4v) is 8.53. The molecule has 0 saturated carbocycles. The fraction of sp³-hybridized carbons (Fsp3) is 0.452. The van der Waals surface area contributed by atoms with E-state index in [1.807, 2.05) is 69.8 Å². The summed E-state index contributed by atoms with van der Waals surface area (Å²) in [5.41, 5.74) is 5.88. The summed E-state index contributed by atoms with van der Waals surface area (Å²) >= 11 is 7.13. The van der Waals surface area contributed by atoms with Crippen LogP contribution in [0.1, 0.15) is 67.5 Å². The number of fused-ring (bicyclic) bond motifs is 2. The molecule has 10 nitrogen and oxygen atoms in total. The molecule has 0 atom stereocenters. The molecule has 2 aliphatic heterocycles. The van der Waals surface area contributed by atoms with Crippen molar-refractivity contribution in [2.24, 2.45) is 12.5 Å². The lowest BCUT2D eigenvalue weighted by atomic mass is 9.74. The zero-order chi connectivity index (χ0) is 38.8. The van der Waals surface area contributed by atoms with Crippen LogP contribution < -0.4 is 10.1 Å². The highest BCUT2D eigenvalue weighted by atomic mass is 35.5. The topological polar surface area (TPSA) is 111 Å². The number of ether oxygens (including phenoxy) is 2. The summed E-state index contributed by atoms with van der Waals surface area (Å²) in [6.07, 6.45) is 3.71. The standard InChI is InChI=1S/C41H49ClFN5O3.CH2O2/c1-26-35(27(2)46(6)45-26)36-33(42)16-15-32-31(11-8-21-50-34-12-7-10-28-22-29(43)13-14-30(28)34)38(39(49)51-40(3,4)5)48(37(32)36)20-19-47-24-41(25-47)17-9-18-44-23-41;2-1-3/h7,10,12-16,22,44H,8-9,11,17-21,23-25H2,1-6H3;1H,(H,2,3). The number of hydrogen-bond donors (Lipinski definition) is 2. The number of rotatable bonds is 10. The highest BCUT2D eigenvalue weighted by Gasteiger charge is 2.43. The number of nitrogens with zero attached hydrogens (tertiary/aromatic N) is 4. The van der Waals surface area contributed by atoms with Crippen LogP contribution in [0.2, 0.25) is 5.02 Å². The Morgan fingerprint density at radius 3 is 2.50 bits per heavy atom. The first-order chi connectivity index (χ1) is 25.8. The highest BCUT2D eigenvalue weighted by molar-refractivity contribution is 6.35. The van der Waals surface area contributed by atoms with Crippen LogP contribution in [0.15, 0.2) is 48.5 Å². The number of esters is 1. The number of carbonyl (C=O) groups is 2. The molecule has 0 unspecified atom stereocenters. The minimum atomic E-state index is -0.679. The van der Waals surface area contributed by atoms with E-state index in [0.29, 0.717) is 47.9 Å². The molecule has 2 fully saturated rings. The van der Waals surface area contributed by atoms with E-state index >= 15 is 0 Å². The molecule has 2 N–H and O–H groups in total. The van der Waals surface area contributed by atoms with Crippen molar-refractivity contribution in [2.45, 2.75) is 72.4 Å². The van der Waals surface area contributed by atoms with Crippen LogP contribution in [0.4, 0.5) is 4.39 Å². The van der Waals surface area contributed by atoms with Gasteiger partial charge in [0.25, 0.3) is 6.47 Å². The van der Waals surface area contributed by atoms with Crippen LogP contribution in [0.3, 0.4) is 0 Å². The third-order valence-corrected chi connectivity index (χ3v) is 10.9. The Bertz CT molecular complexity index is 2160. The molecule has 2 aromatic heterocycles. The van der Waals surface area contributed by atoms with Crippen molar-refractivity contribution in [3.05, 3.63) is 82.0 Å². The Morgan fingerprint density at radius 2 is 1.83 bits per heavy atom. The van der Waals surface area contributed by atoms with Crippen LogP contribution in [0.5, 0.6) is 5.75 Å². The Kier molecular flexibility index (Phi) is 11.7. The van der Waals surface area contributed by atoms with Crippen molar-refractivity contribution >= 4 is 45.7 Å². The first-order valence-corrected chi connectivity index (χ1v) is 19.0. The average Bonchev–Trinajstić information content (AvgIpc) is 3.55. The van der Waals surface area contributed by atoms with Gasteiger partial charge in [0.15, 0.2) is 0 Å². The molecule has 0 radical (unpaired) electrons. The zero-order valence-corrected chi connectivity index (χ0v) is 32.9. The number of likely N-dealkylation sites (tertiary alicyclic amines) is 1. The van der Waals surface area contributed by atoms with Gasteiger partial charge in [0.1, 0.15) is 22.9 Å². The molecule has 4 heterocycles. The number of piperidine rings is 1. The predicted molar refractivity (Wildman–Crippen MR) is 211 cm³/mol. The molecule has 12 heteroatoms. The molecular formula is C42H51ClFN5O5. The molecule has 0 amide bonds. The van der Waals surface area contributed by atoms with E-state index in [1.54, 1.807) is 6.07 Å². The van der Waals surface area contributed by atoms with Gasteiger partial charge in [-0.05, 0) is 108 Å². The SMILES string of the molecule is Cc1nn(C)c(C)c1-c1c(Cl)ccc2c(CCCOc3cccc4cc(F)ccc34)c(C(=O)OC(C)(C)C)n(CCN3CC4(CCCNC4)C3)c12.O=CO. The van der Waals surface area contributed by atoms with Gasteiger partial charge in [-0.2, -0.15) is 5.10 Å². The van der Waals surface area contributed by atoms with E-state index in [0.717, 1.165) is 82.5 Å². The van der Waals surface area contributed by atoms with Gasteiger partial charge in [0.2, 0.25) is 0 Å². The van der Waals surface area contributed by atoms with Gasteiger partial charge >= 0.3 is 5.97 Å². The Morgan fingerprint density at radius 1 is 1.09 bits per heavy atom. The van der Waals surface area contributed by atoms with Crippen LogP contribution >= 0.6 is 11.6 Å². The second-order valence-electron chi connectivity index (χ2n) is 15.6. The molecule has 3 aromatic carbocycles. The molecule has 54 heavy (non-hydrogen) atoms. The number of benzene rings is 3. The summed E-state index contributed by atoms with van der Waals surface area (Å²) in [6, 6.07) is 14.4. The summed E-state index contributed by atoms with van der Waals surface area (Å²) < 4.78 is 30.4. The first-order valence-electron chi connectivity index (χ1n) is 18.7. The molecule has 288 valence electrons. The van der Waals surface area contributed by atoms with E-state index in [1.165, 1.54) is 25.0 Å². The second kappa shape index (κ2) is 16.1. The lowest BCUT2D eigenvalue weighted by molar-refractivity contribution is -0.122. The predicted octanol–water partition coefficient (Wildman–Crippen LogP) is 7.96. The maximum absolute atomic E-state index is 14.4. The van der Waals surface area contributed by atoms with Gasteiger partial charge in [-0.1, -0.05) is 29.8 Å². The van der Waals surface area contributed by atoms with Crippen molar-refractivity contribution < 1.29 is 28.6 Å². The summed E-state index contributed by atoms with van der Waals surface area (Å²) in [5.74, 6) is 0.0878. The second-order valence-corrected chi connectivity index (χ2v) is 16.0. The van der Waals surface area contributed by atoms with Crippen molar-refractivity contribution in [3.63, 3.8) is 0 Å². The van der Waals surface area contributed by atoms with Gasteiger partial charge in [-0.25, -0.2) is 9.18 Å². The van der Waals surface area contributed by atoms with E-state index < -0.39 is 5.60 Å². The third kappa shape index (κ3) is 8.13. The molecule has 0 aliphatic carbocycles. The Balaban J connectivity index is 0.00000160. The van der Waals surface area contributed by atoms with Crippen molar-refractivity contribution in [1.82, 2.24) is 24.6 Å². The first kappa shape index (κ1) is 39.2. The summed E-state index contributed by atoms with van der Waals surface area (Å²) in [5, 5.41) is 18.5. The van der Waals surface area contributed by atoms with Gasteiger partial charge in [-0.15, -0.1) is 0 Å². The maximum atomic E-state index is 14.4. The molecule has 5 aromatic rings. The van der Waals surface area contributed by atoms with E-state index in [2.05, 4.69) is 21.7 Å². The average molecular weight is 760 g/mol.